The Kier molecular flexibility index (Phi) is 4.72. The predicted molar refractivity (Wildman–Crippen MR) is 64.2 cm³/mol. The van der Waals surface area contributed by atoms with E-state index in [0.29, 0.717) is 12.1 Å². The van der Waals surface area contributed by atoms with E-state index in [1.165, 1.54) is 6.08 Å². The fraction of sp³-hybridized carbons (Fsp3) is 0.182. The van der Waals surface area contributed by atoms with Crippen molar-refractivity contribution in [1.29, 1.82) is 0 Å². The van der Waals surface area contributed by atoms with Gasteiger partial charge < -0.3 is 5.32 Å². The van der Waals surface area contributed by atoms with Crippen molar-refractivity contribution in [3.63, 3.8) is 0 Å². The van der Waals surface area contributed by atoms with Crippen molar-refractivity contribution in [3.8, 4) is 0 Å². The maximum absolute atomic E-state index is 11.0. The molecule has 0 aliphatic rings. The van der Waals surface area contributed by atoms with Crippen molar-refractivity contribution >= 4 is 22.3 Å². The molecule has 5 heteroatoms. The first kappa shape index (κ1) is 12.4. The van der Waals surface area contributed by atoms with Crippen LogP contribution < -0.4 is 5.32 Å². The molecule has 1 aromatic rings. The Hall–Kier alpha value is -1.62. The highest BCUT2D eigenvalue weighted by Crippen LogP contribution is 2.10. The topological polar surface area (TPSA) is 63.2 Å². The largest absolute Gasteiger partial charge is 0.323 e. The van der Waals surface area contributed by atoms with E-state index in [1.54, 1.807) is 24.3 Å². The summed E-state index contributed by atoms with van der Waals surface area (Å²) in [5.74, 6) is -0.122. The number of carbonyl (C=O) groups is 1. The Morgan fingerprint density at radius 1 is 1.31 bits per heavy atom. The van der Waals surface area contributed by atoms with Crippen LogP contribution in [0.2, 0.25) is 0 Å². The van der Waals surface area contributed by atoms with Crippen molar-refractivity contribution < 1.29 is 13.2 Å². The summed E-state index contributed by atoms with van der Waals surface area (Å²) in [6.45, 7) is 3.34. The molecule has 1 rings (SSSR count). The Bertz CT molecular complexity index is 441. The van der Waals surface area contributed by atoms with E-state index in [-0.39, 0.29) is 11.7 Å². The van der Waals surface area contributed by atoms with Gasteiger partial charge in [0.25, 0.3) is 0 Å². The summed E-state index contributed by atoms with van der Waals surface area (Å²) in [6.07, 6.45) is 1.68. The van der Waals surface area contributed by atoms with Crippen LogP contribution in [0.25, 0.3) is 0 Å². The highest BCUT2D eigenvalue weighted by atomic mass is 32.2. The van der Waals surface area contributed by atoms with Gasteiger partial charge in [0, 0.05) is 5.69 Å². The lowest BCUT2D eigenvalue weighted by atomic mass is 10.1. The summed E-state index contributed by atoms with van der Waals surface area (Å²) in [5, 5.41) is 2.61. The molecular formula is C11H13NO3S. The molecule has 0 saturated heterocycles. The van der Waals surface area contributed by atoms with Crippen molar-refractivity contribution in [3.05, 3.63) is 42.5 Å². The zero-order valence-corrected chi connectivity index (χ0v) is 9.57. The molecule has 86 valence electrons. The Balaban J connectivity index is 2.60. The monoisotopic (exact) mass is 239 g/mol. The molecule has 0 aliphatic carbocycles. The van der Waals surface area contributed by atoms with Gasteiger partial charge in [0.05, 0.1) is 5.75 Å². The van der Waals surface area contributed by atoms with Crippen LogP contribution in [-0.4, -0.2) is 20.1 Å². The van der Waals surface area contributed by atoms with E-state index < -0.39 is 10.7 Å². The molecule has 16 heavy (non-hydrogen) atoms. The normalized spacial score (nSPS) is 10.1. The summed E-state index contributed by atoms with van der Waals surface area (Å²) in [5.41, 5.74) is 1.59. The van der Waals surface area contributed by atoms with Gasteiger partial charge in [0.15, 0.2) is 0 Å². The fourth-order valence-corrected chi connectivity index (χ4v) is 1.61. The number of thiol groups is 1. The van der Waals surface area contributed by atoms with Gasteiger partial charge >= 0.3 is 0 Å². The SMILES string of the molecule is C=CC(=O)Nc1ccc(CC[SH](=O)=O)cc1. The molecule has 0 radical (unpaired) electrons. The molecule has 0 fully saturated rings. The quantitative estimate of drug-likeness (QED) is 0.594. The number of carbonyl (C=O) groups excluding carboxylic acids is 1. The van der Waals surface area contributed by atoms with Crippen LogP contribution >= 0.6 is 0 Å². The average Bonchev–Trinajstić information content (AvgIpc) is 2.28. The van der Waals surface area contributed by atoms with E-state index >= 15 is 0 Å². The highest BCUT2D eigenvalue weighted by molar-refractivity contribution is 7.72. The van der Waals surface area contributed by atoms with Crippen molar-refractivity contribution in [2.45, 2.75) is 6.42 Å². The van der Waals surface area contributed by atoms with Gasteiger partial charge in [-0.25, -0.2) is 8.42 Å². The highest BCUT2D eigenvalue weighted by Gasteiger charge is 1.98. The van der Waals surface area contributed by atoms with E-state index in [9.17, 15) is 13.2 Å². The molecule has 0 aliphatic heterocycles. The number of amides is 1. The number of aryl methyl sites for hydroxylation is 1. The Morgan fingerprint density at radius 3 is 2.44 bits per heavy atom. The number of hydrogen-bond donors (Lipinski definition) is 2. The molecular weight excluding hydrogens is 226 g/mol. The minimum absolute atomic E-state index is 0.147. The second-order valence-corrected chi connectivity index (χ2v) is 4.31. The molecule has 0 spiro atoms. The first-order chi connectivity index (χ1) is 7.61. The molecule has 1 amide bonds. The maximum Gasteiger partial charge on any atom is 0.247 e. The van der Waals surface area contributed by atoms with Crippen LogP contribution in [0.5, 0.6) is 0 Å². The molecule has 1 aromatic carbocycles. The van der Waals surface area contributed by atoms with Crippen molar-refractivity contribution in [2.75, 3.05) is 11.1 Å². The summed E-state index contributed by atoms with van der Waals surface area (Å²) in [7, 11) is -2.33. The number of rotatable bonds is 5. The predicted octanol–water partition coefficient (Wildman–Crippen LogP) is 0.965. The smallest absolute Gasteiger partial charge is 0.247 e. The third-order valence-electron chi connectivity index (χ3n) is 1.99. The molecule has 4 nitrogen and oxygen atoms in total. The van der Waals surface area contributed by atoms with Gasteiger partial charge in [-0.2, -0.15) is 0 Å². The summed E-state index contributed by atoms with van der Waals surface area (Å²) in [4.78, 5) is 11.0. The first-order valence-corrected chi connectivity index (χ1v) is 6.12. The molecule has 1 N–H and O–H groups in total. The lowest BCUT2D eigenvalue weighted by Crippen LogP contribution is -2.07. The lowest BCUT2D eigenvalue weighted by molar-refractivity contribution is -0.111. The van der Waals surface area contributed by atoms with Crippen LogP contribution in [-0.2, 0) is 21.9 Å². The first-order valence-electron chi connectivity index (χ1n) is 4.76. The van der Waals surface area contributed by atoms with E-state index in [4.69, 9.17) is 0 Å². The van der Waals surface area contributed by atoms with E-state index in [1.807, 2.05) is 0 Å². The summed E-state index contributed by atoms with van der Waals surface area (Å²) < 4.78 is 20.8. The summed E-state index contributed by atoms with van der Waals surface area (Å²) >= 11 is 0. The van der Waals surface area contributed by atoms with Gasteiger partial charge in [0.1, 0.15) is 10.7 Å². The van der Waals surface area contributed by atoms with Crippen LogP contribution in [0.1, 0.15) is 5.56 Å². The molecule has 0 saturated carbocycles. The summed E-state index contributed by atoms with van der Waals surface area (Å²) in [6, 6.07) is 7.04. The van der Waals surface area contributed by atoms with Gasteiger partial charge in [-0.05, 0) is 30.2 Å². The average molecular weight is 239 g/mol. The molecule has 0 atom stereocenters. The van der Waals surface area contributed by atoms with Gasteiger partial charge in [-0.1, -0.05) is 18.7 Å². The van der Waals surface area contributed by atoms with Crippen LogP contribution in [0.15, 0.2) is 36.9 Å². The second-order valence-electron chi connectivity index (χ2n) is 3.20. The number of anilines is 1. The number of nitrogens with one attached hydrogen (secondary N) is 1. The standard InChI is InChI=1S/C11H13NO3S/c1-2-11(13)12-10-5-3-9(4-6-10)7-8-16(14)15/h2-6,16H,1,7-8H2,(H,12,13). The van der Waals surface area contributed by atoms with Crippen LogP contribution in [0.4, 0.5) is 5.69 Å². The minimum atomic E-state index is -2.33. The zero-order valence-electron chi connectivity index (χ0n) is 8.68. The Labute approximate surface area is 95.9 Å². The third-order valence-corrected chi connectivity index (χ3v) is 2.58. The maximum atomic E-state index is 11.0. The lowest BCUT2D eigenvalue weighted by Gasteiger charge is -2.03. The van der Waals surface area contributed by atoms with E-state index in [2.05, 4.69) is 11.9 Å². The van der Waals surface area contributed by atoms with Crippen molar-refractivity contribution in [2.24, 2.45) is 0 Å². The molecule has 0 aromatic heterocycles. The van der Waals surface area contributed by atoms with Gasteiger partial charge in [-0.3, -0.25) is 4.79 Å². The van der Waals surface area contributed by atoms with Crippen LogP contribution in [0.3, 0.4) is 0 Å². The third kappa shape index (κ3) is 4.27. The van der Waals surface area contributed by atoms with E-state index in [0.717, 1.165) is 5.56 Å². The van der Waals surface area contributed by atoms with Gasteiger partial charge in [-0.15, -0.1) is 0 Å². The van der Waals surface area contributed by atoms with Gasteiger partial charge in [0.2, 0.25) is 5.91 Å². The molecule has 0 heterocycles. The molecule has 0 bridgehead atoms. The minimum Gasteiger partial charge on any atom is -0.323 e. The van der Waals surface area contributed by atoms with Crippen LogP contribution in [0, 0.1) is 0 Å². The zero-order chi connectivity index (χ0) is 12.0. The Morgan fingerprint density at radius 2 is 1.94 bits per heavy atom. The molecule has 0 unspecified atom stereocenters. The second kappa shape index (κ2) is 6.07. The number of benzene rings is 1. The fourth-order valence-electron chi connectivity index (χ4n) is 1.17. The van der Waals surface area contributed by atoms with Crippen molar-refractivity contribution in [1.82, 2.24) is 0 Å². The number of hydrogen-bond acceptors (Lipinski definition) is 3.